The maximum absolute atomic E-state index is 12.2. The molecule has 1 amide bonds. The fourth-order valence-corrected chi connectivity index (χ4v) is 12.9. The minimum Gasteiger partial charge on any atom is -0.456 e. The van der Waals surface area contributed by atoms with Crippen LogP contribution in [0.5, 0.6) is 0 Å². The van der Waals surface area contributed by atoms with Crippen molar-refractivity contribution in [1.29, 1.82) is 4.78 Å². The van der Waals surface area contributed by atoms with Gasteiger partial charge in [0.15, 0.2) is 9.88 Å². The van der Waals surface area contributed by atoms with Gasteiger partial charge in [0.1, 0.15) is 64.4 Å². The molecule has 576 valence electrons. The fraction of sp³-hybridized carbons (Fsp3) is 0.529. The number of H-pyrrole nitrogens is 3. The number of anilines is 1. The van der Waals surface area contributed by atoms with E-state index >= 15 is 0 Å². The molecule has 1 saturated carbocycles. The number of nitrogens with zero attached hydrogens (tertiary/aromatic N) is 11. The summed E-state index contributed by atoms with van der Waals surface area (Å²) in [6.07, 6.45) is 25.9. The number of nitrogens with two attached hydrogens (primary N) is 2. The molecule has 1 aliphatic heterocycles. The molecule has 6 aromatic rings. The summed E-state index contributed by atoms with van der Waals surface area (Å²) in [5.41, 5.74) is 21.0. The van der Waals surface area contributed by atoms with Crippen molar-refractivity contribution in [3.63, 3.8) is 0 Å². The average molecular weight is 1610 g/mol. The number of halogens is 3. The van der Waals surface area contributed by atoms with Gasteiger partial charge in [-0.15, -0.1) is 0 Å². The van der Waals surface area contributed by atoms with Crippen LogP contribution in [0.4, 0.5) is 10.6 Å². The van der Waals surface area contributed by atoms with E-state index in [1.165, 1.54) is 77.1 Å². The van der Waals surface area contributed by atoms with Gasteiger partial charge in [0, 0.05) is 162 Å². The molecule has 38 heteroatoms. The van der Waals surface area contributed by atoms with E-state index < -0.39 is 17.5 Å². The predicted molar refractivity (Wildman–Crippen MR) is 394 cm³/mol. The number of carbonyl (C=O) groups is 6. The fourth-order valence-electron chi connectivity index (χ4n) is 12.0. The van der Waals surface area contributed by atoms with Gasteiger partial charge in [0.05, 0.1) is 36.0 Å². The number of amides is 1. The molecule has 6 aromatic heterocycles. The summed E-state index contributed by atoms with van der Waals surface area (Å²) in [4.78, 5) is 148. The molecule has 2 fully saturated rings. The van der Waals surface area contributed by atoms with Crippen LogP contribution >= 0.6 is 59.2 Å². The number of fused-ring (bicyclic) bond motifs is 6. The number of Topliss-reactive ketones (excluding diaryl/α,β-unsaturated/α-hetero) is 1. The van der Waals surface area contributed by atoms with Crippen LogP contribution in [0.15, 0.2) is 41.2 Å². The zero-order valence-corrected chi connectivity index (χ0v) is 65.8. The summed E-state index contributed by atoms with van der Waals surface area (Å²) < 4.78 is 27.7. The van der Waals surface area contributed by atoms with E-state index in [4.69, 9.17) is 75.6 Å². The van der Waals surface area contributed by atoms with E-state index in [0.29, 0.717) is 58.1 Å². The standard InChI is InChI=1S/C18H26N4O4.C9H9ClN2O2.C8H10ClN2.C7H7ClN2.C7H8N2OS.C7H8N2O.C6H10O.C4H6O3.CH4N2S.CO2.Ar.HNS/c1-12(23)25-14-6-5-13-15(14)19-11-20-16(13)21-7-9-22(10-8-21)17(24)26-18(2,3)4;1-5(13)14-7-3-2-6-8(7)11-4-12-9(6)10;1-11-5-10-8(9)6-3-2-4-7(6)11;8-7-5-2-1-3-6(5)9-4-10-7;10-6-4-2-1-3-5(4)8-7(11)9-6;10-7-5-2-1-3-6(5)8-4-9-7;1-5-3-2-4-6(5)7;1-3(5)7-4(2)6;2-1(3)4;2-1-3;;1-2/h11,14H,5-10H2,1-4H3;4,7H,2-3H2,1H3;5H,2-4H2,1H3;4H,1-3H2;1-3H2,(H2,8,9,10,11);4H,1-3H2,(H,8,9,10);5H,2-4H2,1H3;1-2H3;(H4,2,3,4);;;1H/q;;+1;;;;;;;;;. The molecule has 31 nitrogen and oxygen atoms in total. The first-order chi connectivity index (χ1) is 49.8. The number of ketones is 1. The topological polar surface area (TPSA) is 444 Å². The number of ether oxygens (including phenoxy) is 4. The Morgan fingerprint density at radius 3 is 1.59 bits per heavy atom. The van der Waals surface area contributed by atoms with Crippen molar-refractivity contribution in [2.45, 2.75) is 195 Å². The third kappa shape index (κ3) is 30.9. The molecule has 0 bridgehead atoms. The van der Waals surface area contributed by atoms with E-state index in [-0.39, 0.29) is 90.4 Å². The largest absolute Gasteiger partial charge is 0.456 e. The minimum atomic E-state index is -0.562. The van der Waals surface area contributed by atoms with E-state index in [9.17, 15) is 38.4 Å². The van der Waals surface area contributed by atoms with E-state index in [1.807, 2.05) is 34.7 Å². The summed E-state index contributed by atoms with van der Waals surface area (Å²) in [5, 5.41) is 1.79. The number of aromatic nitrogens is 12. The molecule has 106 heavy (non-hydrogen) atoms. The number of rotatable bonds is 3. The van der Waals surface area contributed by atoms with E-state index in [1.54, 1.807) is 11.2 Å². The third-order valence-corrected chi connectivity index (χ3v) is 17.6. The minimum absolute atomic E-state index is 0. The smallest absolute Gasteiger partial charge is 0.410 e. The monoisotopic (exact) mass is 1610 g/mol. The normalized spacial score (nSPS) is 16.3. The number of piperazine rings is 1. The van der Waals surface area contributed by atoms with Crippen molar-refractivity contribution in [3.8, 4) is 0 Å². The van der Waals surface area contributed by atoms with Crippen LogP contribution < -0.4 is 32.1 Å². The van der Waals surface area contributed by atoms with Gasteiger partial charge in [-0.2, -0.15) is 9.59 Å². The van der Waals surface area contributed by atoms with Crippen LogP contribution in [0.3, 0.4) is 0 Å². The van der Waals surface area contributed by atoms with E-state index in [0.717, 1.165) is 171 Å². The maximum atomic E-state index is 12.2. The van der Waals surface area contributed by atoms with Gasteiger partial charge in [-0.3, -0.25) is 38.5 Å². The molecule has 1 saturated heterocycles. The van der Waals surface area contributed by atoms with Crippen LogP contribution in [0.2, 0.25) is 15.5 Å². The molecule has 14 rings (SSSR count). The maximum Gasteiger partial charge on any atom is 0.410 e. The van der Waals surface area contributed by atoms with Crippen molar-refractivity contribution < 1.29 is 99.6 Å². The summed E-state index contributed by atoms with van der Waals surface area (Å²) in [6, 6.07) is 0. The SMILES string of the molecule is CC(=O)OC(C)=O.CC(=O)OC1CCc2c(Cl)ncnc21.CC(=O)OC1CCc2c1ncnc2N1CCN(C(=O)OC(C)(C)C)CC1.CC1CCCC1=O.C[n+]1cnc(Cl)c2c1CCC2.Clc1ncnc2c1CCC2.N=S.NC(N)=S.O=C=O.O=c1[nH]c(=S)[nH]c2c1CCC2.O=c1[nH]cnc2c1CCC2.[Ar]. The van der Waals surface area contributed by atoms with Crippen molar-refractivity contribution in [3.05, 3.63) is 140 Å². The van der Waals surface area contributed by atoms with Crippen LogP contribution in [0, 0.1) is 53.2 Å². The van der Waals surface area contributed by atoms with Crippen molar-refractivity contribution in [1.82, 2.24) is 59.7 Å². The van der Waals surface area contributed by atoms with Gasteiger partial charge in [0.25, 0.3) is 17.4 Å². The number of hydrogen-bond acceptors (Lipinski definition) is 27. The first kappa shape index (κ1) is 92.5. The molecule has 0 spiro atoms. The number of hydrogen-bond donors (Lipinski definition) is 6. The second-order valence-electron chi connectivity index (χ2n) is 25.2. The van der Waals surface area contributed by atoms with Crippen molar-refractivity contribution in [2.24, 2.45) is 24.4 Å². The Balaban J connectivity index is 0.000000320. The quantitative estimate of drug-likeness (QED) is 0.0244. The van der Waals surface area contributed by atoms with Gasteiger partial charge in [0.2, 0.25) is 5.15 Å². The molecule has 8 aliphatic rings. The predicted octanol–water partition coefficient (Wildman–Crippen LogP) is 7.98. The summed E-state index contributed by atoms with van der Waals surface area (Å²) in [7, 11) is 2.02. The number of thiocarbonyl (C=S) groups is 1. The molecule has 0 radical (unpaired) electrons. The van der Waals surface area contributed by atoms with Gasteiger partial charge in [-0.25, -0.2) is 49.0 Å². The molecular formula is C68H89ArCl3N17O14S3+. The van der Waals surface area contributed by atoms with Crippen LogP contribution in [-0.2, 0) is 136 Å². The molecule has 0 aromatic carbocycles. The summed E-state index contributed by atoms with van der Waals surface area (Å²) in [5.74, 6) is 0.0000581. The Morgan fingerprint density at radius 2 is 1.09 bits per heavy atom. The number of carbonyl (C=O) groups excluding carboxylic acids is 8. The summed E-state index contributed by atoms with van der Waals surface area (Å²) in [6.45, 7) is 15.3. The van der Waals surface area contributed by atoms with Gasteiger partial charge >= 0.3 is 36.1 Å². The van der Waals surface area contributed by atoms with Crippen LogP contribution in [0.1, 0.15) is 193 Å². The van der Waals surface area contributed by atoms with Gasteiger partial charge in [-0.1, -0.05) is 30.1 Å². The molecule has 3 unspecified atom stereocenters. The summed E-state index contributed by atoms with van der Waals surface area (Å²) >= 11 is 29.9. The van der Waals surface area contributed by atoms with Crippen molar-refractivity contribution in [2.75, 3.05) is 31.1 Å². The van der Waals surface area contributed by atoms with Gasteiger partial charge < -0.3 is 50.2 Å². The molecule has 8 N–H and O–H groups in total. The zero-order valence-electron chi connectivity index (χ0n) is 60.4. The van der Waals surface area contributed by atoms with Crippen molar-refractivity contribution >= 4 is 124 Å². The Bertz CT molecular complexity index is 4170. The van der Waals surface area contributed by atoms with Crippen LogP contribution in [0.25, 0.3) is 0 Å². The van der Waals surface area contributed by atoms with Gasteiger partial charge in [-0.05, 0) is 171 Å². The third-order valence-electron chi connectivity index (χ3n) is 16.4. The molecule has 3 atom stereocenters. The number of aryl methyl sites for hydroxylation is 4. The molecule has 7 heterocycles. The molecular weight excluding hydrogens is 1520 g/mol. The Kier molecular flexibility index (Phi) is 41.2. The van der Waals surface area contributed by atoms with Crippen LogP contribution in [-0.4, -0.2) is 139 Å². The van der Waals surface area contributed by atoms with E-state index in [2.05, 4.69) is 105 Å². The zero-order chi connectivity index (χ0) is 78.1. The average Bonchev–Trinajstić information content (AvgIpc) is 1.60. The number of esters is 4. The Morgan fingerprint density at radius 1 is 0.604 bits per heavy atom. The second-order valence-corrected chi connectivity index (χ2v) is 27.2. The first-order valence-corrected chi connectivity index (χ1v) is 35.9. The Labute approximate surface area is 674 Å². The number of nitrogens with one attached hydrogen (secondary N) is 4. The Hall–Kier alpha value is -7.66. The first-order valence-electron chi connectivity index (χ1n) is 33.6. The molecule has 7 aliphatic carbocycles. The number of aromatic amines is 3. The second kappa shape index (κ2) is 47.2.